The minimum atomic E-state index is -0.941. The number of hydrogen-bond donors (Lipinski definition) is 1. The first-order valence-electron chi connectivity index (χ1n) is 6.47. The number of esters is 1. The second kappa shape index (κ2) is 6.34. The molecule has 1 heterocycles. The number of carbonyl (C=O) groups is 2. The van der Waals surface area contributed by atoms with E-state index >= 15 is 0 Å². The summed E-state index contributed by atoms with van der Waals surface area (Å²) in [6.07, 6.45) is -0.707. The van der Waals surface area contributed by atoms with Crippen molar-refractivity contribution in [2.45, 2.75) is 6.04 Å². The summed E-state index contributed by atoms with van der Waals surface area (Å²) < 4.78 is 14.8. The van der Waals surface area contributed by atoms with Gasteiger partial charge in [0.25, 0.3) is 0 Å². The summed E-state index contributed by atoms with van der Waals surface area (Å²) in [6.45, 7) is 1.37. The fraction of sp³-hybridized carbons (Fsp3) is 0.429. The van der Waals surface area contributed by atoms with Gasteiger partial charge in [0.1, 0.15) is 12.4 Å². The molecule has 114 valence electrons. The molecule has 7 heteroatoms. The molecule has 1 aliphatic heterocycles. The largest absolute Gasteiger partial charge is 0.490 e. The van der Waals surface area contributed by atoms with Crippen molar-refractivity contribution in [1.82, 2.24) is 5.32 Å². The number of amides is 1. The van der Waals surface area contributed by atoms with E-state index in [1.165, 1.54) is 14.2 Å². The molecule has 0 saturated heterocycles. The van der Waals surface area contributed by atoms with Crippen molar-refractivity contribution in [3.05, 3.63) is 23.8 Å². The van der Waals surface area contributed by atoms with Crippen LogP contribution in [0.4, 0.5) is 10.5 Å². The van der Waals surface area contributed by atoms with E-state index in [4.69, 9.17) is 9.47 Å². The molecular weight excluding hydrogens is 276 g/mol. The highest BCUT2D eigenvalue weighted by atomic mass is 16.5. The number of carbonyl (C=O) groups excluding carboxylic acids is 2. The van der Waals surface area contributed by atoms with Gasteiger partial charge in [-0.25, -0.2) is 9.59 Å². The van der Waals surface area contributed by atoms with Gasteiger partial charge in [0.2, 0.25) is 0 Å². The molecule has 0 saturated carbocycles. The first kappa shape index (κ1) is 15.0. The average molecular weight is 294 g/mol. The molecule has 0 aromatic heterocycles. The maximum atomic E-state index is 11.9. The van der Waals surface area contributed by atoms with Crippen LogP contribution in [0.2, 0.25) is 0 Å². The molecule has 0 spiro atoms. The van der Waals surface area contributed by atoms with Crippen LogP contribution in [-0.4, -0.2) is 46.5 Å². The van der Waals surface area contributed by atoms with Crippen molar-refractivity contribution in [3.63, 3.8) is 0 Å². The maximum absolute atomic E-state index is 11.9. The third kappa shape index (κ3) is 3.18. The van der Waals surface area contributed by atoms with Crippen LogP contribution >= 0.6 is 0 Å². The van der Waals surface area contributed by atoms with Crippen LogP contribution in [0.1, 0.15) is 11.6 Å². The van der Waals surface area contributed by atoms with Crippen LogP contribution in [0, 0.1) is 0 Å². The Balaban J connectivity index is 2.32. The lowest BCUT2D eigenvalue weighted by atomic mass is 10.1. The van der Waals surface area contributed by atoms with Crippen molar-refractivity contribution < 1.29 is 23.8 Å². The molecule has 1 aliphatic rings. The van der Waals surface area contributed by atoms with Gasteiger partial charge in [-0.2, -0.15) is 0 Å². The summed E-state index contributed by atoms with van der Waals surface area (Å²) >= 11 is 0. The van der Waals surface area contributed by atoms with Gasteiger partial charge in [-0.05, 0) is 17.7 Å². The number of fused-ring (bicyclic) bond motifs is 1. The van der Waals surface area contributed by atoms with Crippen molar-refractivity contribution in [2.75, 3.05) is 39.3 Å². The maximum Gasteiger partial charge on any atom is 0.407 e. The SMILES string of the molecule is COC(=O)NC(C(=O)OC)c1ccc2c(c1)OCCN2C. The predicted octanol–water partition coefficient (Wildman–Crippen LogP) is 1.09. The second-order valence-corrected chi connectivity index (χ2v) is 4.59. The molecule has 1 unspecified atom stereocenters. The number of ether oxygens (including phenoxy) is 3. The van der Waals surface area contributed by atoms with Crippen molar-refractivity contribution in [2.24, 2.45) is 0 Å². The van der Waals surface area contributed by atoms with Gasteiger partial charge in [0.05, 0.1) is 26.5 Å². The monoisotopic (exact) mass is 294 g/mol. The second-order valence-electron chi connectivity index (χ2n) is 4.59. The van der Waals surface area contributed by atoms with Crippen LogP contribution in [0.5, 0.6) is 5.75 Å². The molecule has 21 heavy (non-hydrogen) atoms. The molecule has 1 amide bonds. The predicted molar refractivity (Wildman–Crippen MR) is 75.5 cm³/mol. The fourth-order valence-corrected chi connectivity index (χ4v) is 2.13. The molecule has 1 atom stereocenters. The molecule has 7 nitrogen and oxygen atoms in total. The molecule has 1 aromatic rings. The standard InChI is InChI=1S/C14H18N2O5/c1-16-6-7-21-11-8-9(4-5-10(11)16)12(13(17)19-2)15-14(18)20-3/h4-5,8,12H,6-7H2,1-3H3,(H,15,18). The van der Waals surface area contributed by atoms with Gasteiger partial charge in [-0.3, -0.25) is 0 Å². The van der Waals surface area contributed by atoms with Crippen LogP contribution in [0.15, 0.2) is 18.2 Å². The van der Waals surface area contributed by atoms with Crippen LogP contribution in [0.25, 0.3) is 0 Å². The Morgan fingerprint density at radius 1 is 1.33 bits per heavy atom. The molecule has 1 N–H and O–H groups in total. The highest BCUT2D eigenvalue weighted by molar-refractivity contribution is 5.83. The summed E-state index contributed by atoms with van der Waals surface area (Å²) in [5, 5.41) is 2.45. The van der Waals surface area contributed by atoms with Gasteiger partial charge in [0.15, 0.2) is 6.04 Å². The van der Waals surface area contributed by atoms with Crippen LogP contribution in [0.3, 0.4) is 0 Å². The first-order valence-corrected chi connectivity index (χ1v) is 6.47. The Kier molecular flexibility index (Phi) is 4.52. The van der Waals surface area contributed by atoms with E-state index in [0.29, 0.717) is 17.9 Å². The van der Waals surface area contributed by atoms with E-state index in [0.717, 1.165) is 12.2 Å². The quantitative estimate of drug-likeness (QED) is 0.841. The molecule has 0 fully saturated rings. The first-order chi connectivity index (χ1) is 10.1. The van der Waals surface area contributed by atoms with Crippen LogP contribution in [-0.2, 0) is 14.3 Å². The number of likely N-dealkylation sites (N-methyl/N-ethyl adjacent to an activating group) is 1. The lowest BCUT2D eigenvalue weighted by Crippen LogP contribution is -2.35. The molecule has 0 bridgehead atoms. The Morgan fingerprint density at radius 3 is 2.76 bits per heavy atom. The molecule has 0 radical (unpaired) electrons. The molecule has 0 aliphatic carbocycles. The Bertz CT molecular complexity index is 546. The van der Waals surface area contributed by atoms with E-state index < -0.39 is 18.1 Å². The Labute approximate surface area is 122 Å². The smallest absolute Gasteiger partial charge is 0.407 e. The topological polar surface area (TPSA) is 77.1 Å². The number of nitrogens with one attached hydrogen (secondary N) is 1. The number of hydrogen-bond acceptors (Lipinski definition) is 6. The number of rotatable bonds is 3. The van der Waals surface area contributed by atoms with E-state index in [9.17, 15) is 9.59 Å². The molecule has 2 rings (SSSR count). The van der Waals surface area contributed by atoms with Crippen molar-refractivity contribution in [1.29, 1.82) is 0 Å². The van der Waals surface area contributed by atoms with Gasteiger partial charge < -0.3 is 24.4 Å². The van der Waals surface area contributed by atoms with E-state index in [2.05, 4.69) is 15.0 Å². The minimum Gasteiger partial charge on any atom is -0.490 e. The van der Waals surface area contributed by atoms with Crippen LogP contribution < -0.4 is 15.0 Å². The fourth-order valence-electron chi connectivity index (χ4n) is 2.13. The molecular formula is C14H18N2O5. The average Bonchev–Trinajstić information content (AvgIpc) is 2.51. The third-order valence-electron chi connectivity index (χ3n) is 3.30. The Morgan fingerprint density at radius 2 is 2.10 bits per heavy atom. The van der Waals surface area contributed by atoms with Crippen molar-refractivity contribution >= 4 is 17.7 Å². The summed E-state index contributed by atoms with van der Waals surface area (Å²) in [6, 6.07) is 4.38. The summed E-state index contributed by atoms with van der Waals surface area (Å²) in [4.78, 5) is 25.3. The van der Waals surface area contributed by atoms with Gasteiger partial charge in [-0.1, -0.05) is 6.07 Å². The highest BCUT2D eigenvalue weighted by Gasteiger charge is 2.26. The number of anilines is 1. The zero-order valence-electron chi connectivity index (χ0n) is 12.2. The minimum absolute atomic E-state index is 0.570. The normalized spacial score (nSPS) is 14.5. The lowest BCUT2D eigenvalue weighted by molar-refractivity contribution is -0.143. The zero-order valence-corrected chi connectivity index (χ0v) is 12.2. The summed E-state index contributed by atoms with van der Waals surface area (Å²) in [5.41, 5.74) is 1.51. The summed E-state index contributed by atoms with van der Waals surface area (Å²) in [7, 11) is 4.46. The number of nitrogens with zero attached hydrogens (tertiary/aromatic N) is 1. The third-order valence-corrected chi connectivity index (χ3v) is 3.30. The van der Waals surface area contributed by atoms with E-state index in [1.807, 2.05) is 13.1 Å². The van der Waals surface area contributed by atoms with Gasteiger partial charge in [0, 0.05) is 7.05 Å². The van der Waals surface area contributed by atoms with E-state index in [-0.39, 0.29) is 0 Å². The van der Waals surface area contributed by atoms with E-state index in [1.54, 1.807) is 12.1 Å². The van der Waals surface area contributed by atoms with Crippen molar-refractivity contribution in [3.8, 4) is 5.75 Å². The zero-order chi connectivity index (χ0) is 15.4. The Hall–Kier alpha value is -2.44. The highest BCUT2D eigenvalue weighted by Crippen LogP contribution is 2.33. The summed E-state index contributed by atoms with van der Waals surface area (Å²) in [5.74, 6) is 0.0892. The number of methoxy groups -OCH3 is 2. The lowest BCUT2D eigenvalue weighted by Gasteiger charge is -2.28. The van der Waals surface area contributed by atoms with Gasteiger partial charge in [-0.15, -0.1) is 0 Å². The number of alkyl carbamates (subject to hydrolysis) is 1. The number of benzene rings is 1. The van der Waals surface area contributed by atoms with Gasteiger partial charge >= 0.3 is 12.1 Å². The molecule has 1 aromatic carbocycles.